The van der Waals surface area contributed by atoms with Gasteiger partial charge in [-0.25, -0.2) is 0 Å². The largest absolute Gasteiger partial charge is 0.357 e. The Bertz CT molecular complexity index is 320. The highest BCUT2D eigenvalue weighted by molar-refractivity contribution is 8.14. The first-order valence-corrected chi connectivity index (χ1v) is 7.97. The molecule has 104 valence electrons. The first-order valence-electron chi connectivity index (χ1n) is 6.98. The van der Waals surface area contributed by atoms with Crippen LogP contribution in [0.1, 0.15) is 52.9 Å². The van der Waals surface area contributed by atoms with Crippen LogP contribution in [0.25, 0.3) is 0 Å². The summed E-state index contributed by atoms with van der Waals surface area (Å²) in [7, 11) is 1.81. The summed E-state index contributed by atoms with van der Waals surface area (Å²) < 4.78 is 5.96. The van der Waals surface area contributed by atoms with E-state index in [2.05, 4.69) is 25.7 Å². The summed E-state index contributed by atoms with van der Waals surface area (Å²) in [6.07, 6.45) is 6.36. The zero-order valence-electron chi connectivity index (χ0n) is 12.1. The van der Waals surface area contributed by atoms with Crippen LogP contribution < -0.4 is 0 Å². The van der Waals surface area contributed by atoms with E-state index >= 15 is 0 Å². The van der Waals surface area contributed by atoms with Crippen molar-refractivity contribution in [3.05, 3.63) is 0 Å². The molecule has 0 radical (unpaired) electrons. The summed E-state index contributed by atoms with van der Waals surface area (Å²) in [5.41, 5.74) is -0.286. The van der Waals surface area contributed by atoms with Gasteiger partial charge in [0.25, 0.3) is 0 Å². The number of amidine groups is 1. The molecule has 0 aromatic heterocycles. The van der Waals surface area contributed by atoms with E-state index in [0.717, 1.165) is 5.75 Å². The van der Waals surface area contributed by atoms with Gasteiger partial charge < -0.3 is 9.64 Å². The van der Waals surface area contributed by atoms with E-state index in [4.69, 9.17) is 10.1 Å². The van der Waals surface area contributed by atoms with Gasteiger partial charge in [0.15, 0.2) is 10.9 Å². The predicted molar refractivity (Wildman–Crippen MR) is 78.1 cm³/mol. The second-order valence-corrected chi connectivity index (χ2v) is 7.46. The molecule has 3 nitrogen and oxygen atoms in total. The Balaban J connectivity index is 2.30. The van der Waals surface area contributed by atoms with Gasteiger partial charge in [-0.15, -0.1) is 0 Å². The van der Waals surface area contributed by atoms with Gasteiger partial charge in [0, 0.05) is 24.3 Å². The van der Waals surface area contributed by atoms with E-state index in [9.17, 15) is 0 Å². The van der Waals surface area contributed by atoms with E-state index in [1.807, 2.05) is 0 Å². The van der Waals surface area contributed by atoms with E-state index in [0.29, 0.717) is 11.2 Å². The molecule has 1 atom stereocenters. The zero-order valence-corrected chi connectivity index (χ0v) is 12.9. The van der Waals surface area contributed by atoms with Gasteiger partial charge in [-0.05, 0) is 12.8 Å². The average Bonchev–Trinajstić information content (AvgIpc) is 2.68. The van der Waals surface area contributed by atoms with Crippen molar-refractivity contribution in [3.8, 4) is 0 Å². The third-order valence-corrected chi connectivity index (χ3v) is 5.47. The standard InChI is InChI=1S/C14H26N2OS/c1-13(2,3)14(17-4)10-18-12(15)16(14)11-8-6-5-7-9-11/h11,15H,5-10H2,1-4H3. The summed E-state index contributed by atoms with van der Waals surface area (Å²) in [6, 6.07) is 0.500. The molecule has 2 fully saturated rings. The molecule has 18 heavy (non-hydrogen) atoms. The molecule has 0 amide bonds. The maximum atomic E-state index is 8.29. The average molecular weight is 270 g/mol. The summed E-state index contributed by atoms with van der Waals surface area (Å²) in [4.78, 5) is 2.29. The van der Waals surface area contributed by atoms with Crippen LogP contribution in [0.15, 0.2) is 0 Å². The van der Waals surface area contributed by atoms with Gasteiger partial charge >= 0.3 is 0 Å². The minimum atomic E-state index is -0.309. The van der Waals surface area contributed by atoms with Crippen LogP contribution in [0, 0.1) is 10.8 Å². The molecule has 1 unspecified atom stereocenters. The highest BCUT2D eigenvalue weighted by atomic mass is 32.2. The van der Waals surface area contributed by atoms with Crippen molar-refractivity contribution in [1.82, 2.24) is 4.90 Å². The number of hydrogen-bond acceptors (Lipinski definition) is 3. The highest BCUT2D eigenvalue weighted by Gasteiger charge is 2.54. The predicted octanol–water partition coefficient (Wildman–Crippen LogP) is 3.69. The lowest BCUT2D eigenvalue weighted by molar-refractivity contribution is -0.165. The van der Waals surface area contributed by atoms with E-state index in [-0.39, 0.29) is 11.1 Å². The molecular formula is C14H26N2OS. The second kappa shape index (κ2) is 5.04. The van der Waals surface area contributed by atoms with Crippen molar-refractivity contribution >= 4 is 16.9 Å². The lowest BCUT2D eigenvalue weighted by atomic mass is 9.80. The molecule has 1 N–H and O–H groups in total. The minimum Gasteiger partial charge on any atom is -0.357 e. The van der Waals surface area contributed by atoms with Crippen molar-refractivity contribution < 1.29 is 4.74 Å². The van der Waals surface area contributed by atoms with Crippen molar-refractivity contribution in [2.45, 2.75) is 64.6 Å². The number of thioether (sulfide) groups is 1. The number of rotatable bonds is 2. The van der Waals surface area contributed by atoms with Gasteiger partial charge in [-0.3, -0.25) is 5.41 Å². The Labute approximate surface area is 115 Å². The molecule has 4 heteroatoms. The van der Waals surface area contributed by atoms with Crippen LogP contribution in [0.3, 0.4) is 0 Å². The summed E-state index contributed by atoms with van der Waals surface area (Å²) >= 11 is 1.64. The smallest absolute Gasteiger partial charge is 0.159 e. The lowest BCUT2D eigenvalue weighted by Gasteiger charge is -2.50. The molecule has 0 bridgehead atoms. The van der Waals surface area contributed by atoms with Crippen LogP contribution in [0.2, 0.25) is 0 Å². The SMILES string of the molecule is COC1(C(C)(C)C)CSC(=N)N1C1CCCCC1. The van der Waals surface area contributed by atoms with Crippen LogP contribution >= 0.6 is 11.8 Å². The molecule has 0 spiro atoms. The monoisotopic (exact) mass is 270 g/mol. The molecule has 1 heterocycles. The maximum Gasteiger partial charge on any atom is 0.159 e. The van der Waals surface area contributed by atoms with Crippen molar-refractivity contribution in [2.24, 2.45) is 5.41 Å². The van der Waals surface area contributed by atoms with Crippen LogP contribution in [0.5, 0.6) is 0 Å². The van der Waals surface area contributed by atoms with Gasteiger partial charge in [-0.1, -0.05) is 51.8 Å². The quantitative estimate of drug-likeness (QED) is 0.831. The Morgan fingerprint density at radius 2 is 1.89 bits per heavy atom. The summed E-state index contributed by atoms with van der Waals surface area (Å²) in [5, 5.41) is 9.00. The molecule has 1 saturated heterocycles. The van der Waals surface area contributed by atoms with Gasteiger partial charge in [-0.2, -0.15) is 0 Å². The molecule has 0 aromatic rings. The summed E-state index contributed by atoms with van der Waals surface area (Å²) in [6.45, 7) is 6.68. The highest BCUT2D eigenvalue weighted by Crippen LogP contribution is 2.47. The molecule has 2 rings (SSSR count). The molecule has 1 saturated carbocycles. The minimum absolute atomic E-state index is 0.0228. The van der Waals surface area contributed by atoms with Crippen molar-refractivity contribution in [3.63, 3.8) is 0 Å². The molecule has 2 aliphatic rings. The first-order chi connectivity index (χ1) is 8.42. The van der Waals surface area contributed by atoms with E-state index < -0.39 is 0 Å². The van der Waals surface area contributed by atoms with E-state index in [1.54, 1.807) is 18.9 Å². The first kappa shape index (κ1) is 14.2. The van der Waals surface area contributed by atoms with Crippen LogP contribution in [-0.2, 0) is 4.74 Å². The summed E-state index contributed by atoms with van der Waals surface area (Å²) in [5.74, 6) is 0.877. The van der Waals surface area contributed by atoms with E-state index in [1.165, 1.54) is 32.1 Å². The third kappa shape index (κ3) is 2.18. The fourth-order valence-corrected chi connectivity index (χ4v) is 4.77. The van der Waals surface area contributed by atoms with Gasteiger partial charge in [0.1, 0.15) is 0 Å². The number of nitrogens with zero attached hydrogens (tertiary/aromatic N) is 1. The molecule has 0 aromatic carbocycles. The Hall–Kier alpha value is -0.220. The third-order valence-electron chi connectivity index (χ3n) is 4.46. The number of ether oxygens (including phenoxy) is 1. The number of hydrogen-bond donors (Lipinski definition) is 1. The number of nitrogens with one attached hydrogen (secondary N) is 1. The van der Waals surface area contributed by atoms with Gasteiger partial charge in [0.2, 0.25) is 0 Å². The second-order valence-electron chi connectivity index (χ2n) is 6.49. The molecule has 1 aliphatic carbocycles. The lowest BCUT2D eigenvalue weighted by Crippen LogP contribution is -2.61. The van der Waals surface area contributed by atoms with Gasteiger partial charge in [0.05, 0.1) is 0 Å². The molecule has 1 aliphatic heterocycles. The molecular weight excluding hydrogens is 244 g/mol. The van der Waals surface area contributed by atoms with Crippen LogP contribution in [0.4, 0.5) is 0 Å². The Morgan fingerprint density at radius 1 is 1.28 bits per heavy atom. The van der Waals surface area contributed by atoms with Crippen LogP contribution in [-0.4, -0.2) is 34.7 Å². The zero-order chi connectivity index (χ0) is 13.4. The topological polar surface area (TPSA) is 36.3 Å². The Morgan fingerprint density at radius 3 is 2.39 bits per heavy atom. The normalized spacial score (nSPS) is 31.1. The maximum absolute atomic E-state index is 8.29. The Kier molecular flexibility index (Phi) is 3.98. The fourth-order valence-electron chi connectivity index (χ4n) is 3.31. The number of methoxy groups -OCH3 is 1. The van der Waals surface area contributed by atoms with Crippen molar-refractivity contribution in [2.75, 3.05) is 12.9 Å². The van der Waals surface area contributed by atoms with Crippen molar-refractivity contribution in [1.29, 1.82) is 5.41 Å². The fraction of sp³-hybridized carbons (Fsp3) is 0.929.